The highest BCUT2D eigenvalue weighted by molar-refractivity contribution is 5.81. The van der Waals surface area contributed by atoms with Crippen LogP contribution in [-0.4, -0.2) is 11.1 Å². The average Bonchev–Trinajstić information content (AvgIpc) is 2.26. The summed E-state index contributed by atoms with van der Waals surface area (Å²) in [7, 11) is 0. The Labute approximate surface area is 65.2 Å². The summed E-state index contributed by atoms with van der Waals surface area (Å²) in [5, 5.41) is 8.47. The number of allylic oxidation sites excluding steroid dienone is 3. The second kappa shape index (κ2) is 2.22. The molecule has 0 bridgehead atoms. The largest absolute Gasteiger partial charge is 0.478 e. The van der Waals surface area contributed by atoms with Gasteiger partial charge in [0.2, 0.25) is 0 Å². The lowest BCUT2D eigenvalue weighted by Gasteiger charge is -2.33. The molecule has 2 aliphatic carbocycles. The van der Waals surface area contributed by atoms with Gasteiger partial charge in [-0.25, -0.2) is 4.79 Å². The fourth-order valence-corrected chi connectivity index (χ4v) is 1.93. The van der Waals surface area contributed by atoms with Gasteiger partial charge in [0.25, 0.3) is 0 Å². The quantitative estimate of drug-likeness (QED) is 0.455. The van der Waals surface area contributed by atoms with Crippen LogP contribution in [0.1, 0.15) is 12.8 Å². The molecule has 58 valence electrons. The molecular weight excluding hydrogens is 140 g/mol. The van der Waals surface area contributed by atoms with Gasteiger partial charge in [0.15, 0.2) is 0 Å². The Kier molecular flexibility index (Phi) is 1.34. The van der Waals surface area contributed by atoms with Crippen molar-refractivity contribution in [2.75, 3.05) is 0 Å². The summed E-state index contributed by atoms with van der Waals surface area (Å²) in [6.07, 6.45) is 7.73. The first-order valence-corrected chi connectivity index (χ1v) is 3.87. The second-order valence-electron chi connectivity index (χ2n) is 3.20. The predicted molar refractivity (Wildman–Crippen MR) is 41.1 cm³/mol. The molecule has 0 spiro atoms. The van der Waals surface area contributed by atoms with Gasteiger partial charge in [0, 0.05) is 6.08 Å². The van der Waals surface area contributed by atoms with E-state index in [4.69, 9.17) is 5.11 Å². The molecule has 2 nitrogen and oxygen atoms in total. The van der Waals surface area contributed by atoms with E-state index in [1.807, 2.05) is 0 Å². The lowest BCUT2D eigenvalue weighted by molar-refractivity contribution is -0.131. The maximum absolute atomic E-state index is 10.3. The van der Waals surface area contributed by atoms with E-state index in [1.54, 1.807) is 0 Å². The second-order valence-corrected chi connectivity index (χ2v) is 3.20. The minimum absolute atomic E-state index is 0.533. The first-order valence-electron chi connectivity index (χ1n) is 3.87. The monoisotopic (exact) mass is 150 g/mol. The van der Waals surface area contributed by atoms with Crippen LogP contribution in [0.25, 0.3) is 0 Å². The minimum Gasteiger partial charge on any atom is -0.478 e. The van der Waals surface area contributed by atoms with Crippen molar-refractivity contribution >= 4 is 5.97 Å². The van der Waals surface area contributed by atoms with Gasteiger partial charge in [0.1, 0.15) is 0 Å². The summed E-state index contributed by atoms with van der Waals surface area (Å²) in [5.41, 5.74) is 1.12. The molecule has 0 aromatic carbocycles. The Morgan fingerprint density at radius 1 is 1.73 bits per heavy atom. The summed E-state index contributed by atoms with van der Waals surface area (Å²) in [4.78, 5) is 10.3. The van der Waals surface area contributed by atoms with Crippen molar-refractivity contribution in [3.05, 3.63) is 23.8 Å². The van der Waals surface area contributed by atoms with Crippen LogP contribution in [0.3, 0.4) is 0 Å². The lowest BCUT2D eigenvalue weighted by Crippen LogP contribution is -2.24. The van der Waals surface area contributed by atoms with E-state index in [2.05, 4.69) is 12.2 Å². The summed E-state index contributed by atoms with van der Waals surface area (Å²) in [6.45, 7) is 0. The molecule has 1 saturated carbocycles. The van der Waals surface area contributed by atoms with Gasteiger partial charge in [-0.15, -0.1) is 0 Å². The van der Waals surface area contributed by atoms with E-state index in [0.717, 1.165) is 18.4 Å². The normalized spacial score (nSPS) is 36.9. The average molecular weight is 150 g/mol. The summed E-state index contributed by atoms with van der Waals surface area (Å²) < 4.78 is 0. The van der Waals surface area contributed by atoms with Crippen molar-refractivity contribution in [3.8, 4) is 0 Å². The van der Waals surface area contributed by atoms with Crippen molar-refractivity contribution in [3.63, 3.8) is 0 Å². The van der Waals surface area contributed by atoms with E-state index in [0.29, 0.717) is 11.8 Å². The van der Waals surface area contributed by atoms with E-state index in [9.17, 15) is 4.79 Å². The molecule has 2 heteroatoms. The summed E-state index contributed by atoms with van der Waals surface area (Å²) in [5.74, 6) is 0.386. The molecule has 2 atom stereocenters. The number of carboxylic acid groups (broad SMARTS) is 1. The molecule has 0 aromatic heterocycles. The molecule has 0 aliphatic heterocycles. The van der Waals surface area contributed by atoms with Crippen LogP contribution in [-0.2, 0) is 4.79 Å². The molecule has 0 amide bonds. The zero-order chi connectivity index (χ0) is 7.84. The van der Waals surface area contributed by atoms with Gasteiger partial charge in [-0.05, 0) is 24.7 Å². The molecule has 0 unspecified atom stereocenters. The Bertz CT molecular complexity index is 250. The number of fused-ring (bicyclic) bond motifs is 1. The number of rotatable bonds is 1. The van der Waals surface area contributed by atoms with Gasteiger partial charge in [-0.3, -0.25) is 0 Å². The molecule has 1 N–H and O–H groups in total. The van der Waals surface area contributed by atoms with Gasteiger partial charge in [-0.1, -0.05) is 17.7 Å². The Morgan fingerprint density at radius 3 is 3.18 bits per heavy atom. The fraction of sp³-hybridized carbons (Fsp3) is 0.444. The predicted octanol–water partition coefficient (Wildman–Crippen LogP) is 1.59. The standard InChI is InChI=1S/C9H10O2/c10-9(11)5-7-4-6-2-1-3-8(6)7/h1-2,5-6,8H,3-4H2,(H,10,11)/t6-,8-/m1/s1. The van der Waals surface area contributed by atoms with E-state index >= 15 is 0 Å². The van der Waals surface area contributed by atoms with Crippen LogP contribution < -0.4 is 0 Å². The molecular formula is C9H10O2. The number of carbonyl (C=O) groups is 1. The molecule has 0 aromatic rings. The highest BCUT2D eigenvalue weighted by Gasteiger charge is 2.36. The van der Waals surface area contributed by atoms with E-state index < -0.39 is 5.97 Å². The SMILES string of the molecule is O=C(O)C=C1C[C@H]2C=CC[C@@H]12. The van der Waals surface area contributed by atoms with E-state index in [1.165, 1.54) is 6.08 Å². The number of carboxylic acids is 1. The lowest BCUT2D eigenvalue weighted by atomic mass is 9.71. The highest BCUT2D eigenvalue weighted by Crippen LogP contribution is 2.46. The summed E-state index contributed by atoms with van der Waals surface area (Å²) in [6, 6.07) is 0. The van der Waals surface area contributed by atoms with Gasteiger partial charge >= 0.3 is 5.97 Å². The Balaban J connectivity index is 2.07. The topological polar surface area (TPSA) is 37.3 Å². The van der Waals surface area contributed by atoms with Crippen LogP contribution >= 0.6 is 0 Å². The minimum atomic E-state index is -0.801. The fourth-order valence-electron chi connectivity index (χ4n) is 1.93. The molecule has 1 fully saturated rings. The van der Waals surface area contributed by atoms with Crippen LogP contribution in [0.5, 0.6) is 0 Å². The number of hydrogen-bond acceptors (Lipinski definition) is 1. The first kappa shape index (κ1) is 6.65. The molecule has 2 aliphatic rings. The maximum atomic E-state index is 10.3. The van der Waals surface area contributed by atoms with Crippen LogP contribution in [0.15, 0.2) is 23.8 Å². The molecule has 0 radical (unpaired) electrons. The third kappa shape index (κ3) is 0.985. The zero-order valence-corrected chi connectivity index (χ0v) is 6.16. The number of aliphatic carboxylic acids is 1. The third-order valence-corrected chi connectivity index (χ3v) is 2.55. The maximum Gasteiger partial charge on any atom is 0.328 e. The number of hydrogen-bond donors (Lipinski definition) is 1. The molecule has 0 heterocycles. The van der Waals surface area contributed by atoms with Crippen LogP contribution in [0.4, 0.5) is 0 Å². The van der Waals surface area contributed by atoms with Gasteiger partial charge in [0.05, 0.1) is 0 Å². The smallest absolute Gasteiger partial charge is 0.328 e. The third-order valence-electron chi connectivity index (χ3n) is 2.55. The van der Waals surface area contributed by atoms with Crippen molar-refractivity contribution in [2.24, 2.45) is 11.8 Å². The molecule has 11 heavy (non-hydrogen) atoms. The van der Waals surface area contributed by atoms with Gasteiger partial charge in [-0.2, -0.15) is 0 Å². The Hall–Kier alpha value is -1.05. The molecule has 0 saturated heterocycles. The first-order chi connectivity index (χ1) is 5.27. The summed E-state index contributed by atoms with van der Waals surface area (Å²) >= 11 is 0. The van der Waals surface area contributed by atoms with Crippen LogP contribution in [0.2, 0.25) is 0 Å². The zero-order valence-electron chi connectivity index (χ0n) is 6.16. The van der Waals surface area contributed by atoms with E-state index in [-0.39, 0.29) is 0 Å². The van der Waals surface area contributed by atoms with Crippen LogP contribution in [0, 0.1) is 11.8 Å². The van der Waals surface area contributed by atoms with Crippen molar-refractivity contribution in [1.29, 1.82) is 0 Å². The molecule has 2 rings (SSSR count). The van der Waals surface area contributed by atoms with Crippen molar-refractivity contribution < 1.29 is 9.90 Å². The van der Waals surface area contributed by atoms with Crippen molar-refractivity contribution in [2.45, 2.75) is 12.8 Å². The Morgan fingerprint density at radius 2 is 2.55 bits per heavy atom. The van der Waals surface area contributed by atoms with Gasteiger partial charge < -0.3 is 5.11 Å². The highest BCUT2D eigenvalue weighted by atomic mass is 16.4. The van der Waals surface area contributed by atoms with Crippen molar-refractivity contribution in [1.82, 2.24) is 0 Å².